The summed E-state index contributed by atoms with van der Waals surface area (Å²) < 4.78 is 19.3. The lowest BCUT2D eigenvalue weighted by atomic mass is 10.1. The summed E-state index contributed by atoms with van der Waals surface area (Å²) in [7, 11) is 0. The van der Waals surface area contributed by atoms with Crippen LogP contribution in [0.2, 0.25) is 0 Å². The molecule has 0 amide bonds. The van der Waals surface area contributed by atoms with Crippen LogP contribution >= 0.6 is 0 Å². The number of nitrogens with zero attached hydrogens (tertiary/aromatic N) is 2. The van der Waals surface area contributed by atoms with E-state index in [1.807, 2.05) is 49.4 Å². The Hall–Kier alpha value is -2.89. The maximum absolute atomic E-state index is 10.6. The highest BCUT2D eigenvalue weighted by molar-refractivity contribution is 5.78. The number of anilines is 1. The Bertz CT molecular complexity index is 1120. The minimum atomic E-state index is -1.23. The second-order valence-corrected chi connectivity index (χ2v) is 8.79. The van der Waals surface area contributed by atoms with Gasteiger partial charge in [0.2, 0.25) is 5.95 Å². The first-order valence-corrected chi connectivity index (χ1v) is 12.4. The summed E-state index contributed by atoms with van der Waals surface area (Å²) in [6.07, 6.45) is -1.96. The molecule has 10 nitrogen and oxygen atoms in total. The zero-order valence-electron chi connectivity index (χ0n) is 20.4. The number of imidazole rings is 1. The number of fused-ring (bicyclic) bond motifs is 1. The summed E-state index contributed by atoms with van der Waals surface area (Å²) >= 11 is 0. The van der Waals surface area contributed by atoms with E-state index in [2.05, 4.69) is 10.3 Å². The topological polar surface area (TPSA) is 138 Å². The van der Waals surface area contributed by atoms with Crippen molar-refractivity contribution >= 4 is 17.0 Å². The molecule has 196 valence electrons. The maximum Gasteiger partial charge on any atom is 0.206 e. The van der Waals surface area contributed by atoms with Crippen LogP contribution < -0.4 is 14.8 Å². The number of aromatic nitrogens is 2. The molecule has 4 atom stereocenters. The van der Waals surface area contributed by atoms with Crippen molar-refractivity contribution in [3.05, 3.63) is 48.0 Å². The van der Waals surface area contributed by atoms with Gasteiger partial charge in [0.05, 0.1) is 30.9 Å². The fraction of sp³-hybridized carbons (Fsp3) is 0.500. The molecule has 4 rings (SSSR count). The lowest BCUT2D eigenvalue weighted by Crippen LogP contribution is -2.33. The molecule has 2 heterocycles. The van der Waals surface area contributed by atoms with E-state index in [1.54, 1.807) is 4.57 Å². The highest BCUT2D eigenvalue weighted by Crippen LogP contribution is 2.35. The Kier molecular flexibility index (Phi) is 9.00. The van der Waals surface area contributed by atoms with E-state index >= 15 is 0 Å². The van der Waals surface area contributed by atoms with Crippen molar-refractivity contribution in [2.45, 2.75) is 57.3 Å². The van der Waals surface area contributed by atoms with Crippen molar-refractivity contribution in [3.63, 3.8) is 0 Å². The predicted molar refractivity (Wildman–Crippen MR) is 134 cm³/mol. The number of para-hydroxylation sites is 2. The van der Waals surface area contributed by atoms with Crippen LogP contribution in [0.1, 0.15) is 38.0 Å². The predicted octanol–water partition coefficient (Wildman–Crippen LogP) is 2.20. The summed E-state index contributed by atoms with van der Waals surface area (Å²) in [5, 5.41) is 42.8. The van der Waals surface area contributed by atoms with Gasteiger partial charge in [-0.25, -0.2) is 4.98 Å². The molecular weight excluding hydrogens is 466 g/mol. The number of benzene rings is 2. The molecule has 0 unspecified atom stereocenters. The van der Waals surface area contributed by atoms with Gasteiger partial charge in [-0.2, -0.15) is 0 Å². The molecular formula is C26H35N3O7. The first kappa shape index (κ1) is 26.2. The minimum Gasteiger partial charge on any atom is -0.490 e. The van der Waals surface area contributed by atoms with Gasteiger partial charge in [-0.05, 0) is 49.1 Å². The number of ether oxygens (including phenoxy) is 3. The van der Waals surface area contributed by atoms with Crippen LogP contribution in [-0.4, -0.2) is 74.7 Å². The molecule has 0 aliphatic carbocycles. The highest BCUT2D eigenvalue weighted by atomic mass is 16.6. The number of hydrogen-bond acceptors (Lipinski definition) is 9. The average Bonchev–Trinajstić information content (AvgIpc) is 3.40. The lowest BCUT2D eigenvalue weighted by Gasteiger charge is -2.20. The Balaban J connectivity index is 1.56. The molecule has 0 radical (unpaired) electrons. The quantitative estimate of drug-likeness (QED) is 0.223. The Morgan fingerprint density at radius 3 is 2.56 bits per heavy atom. The second kappa shape index (κ2) is 12.4. The Morgan fingerprint density at radius 1 is 1.00 bits per heavy atom. The summed E-state index contributed by atoms with van der Waals surface area (Å²) in [6, 6.07) is 13.2. The summed E-state index contributed by atoms with van der Waals surface area (Å²) in [4.78, 5) is 4.67. The van der Waals surface area contributed by atoms with Crippen LogP contribution in [0.25, 0.3) is 11.0 Å². The number of rotatable bonds is 13. The zero-order chi connectivity index (χ0) is 25.5. The van der Waals surface area contributed by atoms with Crippen LogP contribution in [0.5, 0.6) is 11.5 Å². The van der Waals surface area contributed by atoms with Crippen LogP contribution in [-0.2, 0) is 11.3 Å². The van der Waals surface area contributed by atoms with Crippen molar-refractivity contribution in [2.24, 2.45) is 0 Å². The monoisotopic (exact) mass is 501 g/mol. The molecule has 2 aromatic carbocycles. The van der Waals surface area contributed by atoms with Gasteiger partial charge in [-0.3, -0.25) is 4.57 Å². The summed E-state index contributed by atoms with van der Waals surface area (Å²) in [6.45, 7) is 3.22. The standard InChI is InChI=1S/C26H35N3O7/c1-2-12-34-20-10-9-17(14-21(20)35-13-6-5-11-30)15-27-26-28-18-7-3-4-8-19(18)29(26)25-24(33)23(32)22(16-31)36-25/h3-4,7-10,14,22-25,30-33H,2,5-6,11-13,15-16H2,1H3,(H,27,28)/t22-,23-,24-,25-/m1/s1. The van der Waals surface area contributed by atoms with E-state index in [0.717, 1.165) is 23.9 Å². The number of hydrogen-bond donors (Lipinski definition) is 5. The fourth-order valence-corrected chi connectivity index (χ4v) is 4.20. The molecule has 5 N–H and O–H groups in total. The number of nitrogens with one attached hydrogen (secondary N) is 1. The highest BCUT2D eigenvalue weighted by Gasteiger charge is 2.44. The molecule has 10 heteroatoms. The molecule has 3 aromatic rings. The first-order valence-electron chi connectivity index (χ1n) is 12.4. The molecule has 1 fully saturated rings. The van der Waals surface area contributed by atoms with Gasteiger partial charge in [-0.1, -0.05) is 25.1 Å². The van der Waals surface area contributed by atoms with Gasteiger partial charge in [0, 0.05) is 13.2 Å². The van der Waals surface area contributed by atoms with Gasteiger partial charge in [0.25, 0.3) is 0 Å². The molecule has 1 aliphatic rings. The van der Waals surface area contributed by atoms with E-state index < -0.39 is 31.1 Å². The van der Waals surface area contributed by atoms with E-state index in [4.69, 9.17) is 19.3 Å². The number of aliphatic hydroxyl groups excluding tert-OH is 4. The molecule has 1 aromatic heterocycles. The third-order valence-electron chi connectivity index (χ3n) is 6.10. The molecule has 1 aliphatic heterocycles. The molecule has 0 saturated carbocycles. The Labute approximate surface area is 210 Å². The molecule has 0 bridgehead atoms. The van der Waals surface area contributed by atoms with Gasteiger partial charge < -0.3 is 40.0 Å². The maximum atomic E-state index is 10.6. The lowest BCUT2D eigenvalue weighted by molar-refractivity contribution is -0.0499. The largest absolute Gasteiger partial charge is 0.490 e. The normalized spacial score (nSPS) is 21.7. The van der Waals surface area contributed by atoms with Crippen molar-refractivity contribution in [3.8, 4) is 11.5 Å². The number of unbranched alkanes of at least 4 members (excludes halogenated alkanes) is 1. The van der Waals surface area contributed by atoms with Gasteiger partial charge in [0.15, 0.2) is 17.7 Å². The molecule has 1 saturated heterocycles. The molecule has 0 spiro atoms. The van der Waals surface area contributed by atoms with E-state index in [9.17, 15) is 15.3 Å². The van der Waals surface area contributed by atoms with E-state index in [1.165, 1.54) is 0 Å². The van der Waals surface area contributed by atoms with Gasteiger partial charge in [-0.15, -0.1) is 0 Å². The first-order chi connectivity index (χ1) is 17.6. The van der Waals surface area contributed by atoms with E-state index in [-0.39, 0.29) is 6.61 Å². The van der Waals surface area contributed by atoms with Gasteiger partial charge >= 0.3 is 0 Å². The third kappa shape index (κ3) is 5.74. The minimum absolute atomic E-state index is 0.128. The van der Waals surface area contributed by atoms with Crippen molar-refractivity contribution in [1.82, 2.24) is 9.55 Å². The second-order valence-electron chi connectivity index (χ2n) is 8.79. The van der Waals surface area contributed by atoms with Gasteiger partial charge in [0.1, 0.15) is 18.3 Å². The fourth-order valence-electron chi connectivity index (χ4n) is 4.20. The number of aliphatic hydroxyl groups is 4. The van der Waals surface area contributed by atoms with Crippen LogP contribution in [0.15, 0.2) is 42.5 Å². The summed E-state index contributed by atoms with van der Waals surface area (Å²) in [5.41, 5.74) is 2.36. The zero-order valence-corrected chi connectivity index (χ0v) is 20.4. The Morgan fingerprint density at radius 2 is 1.81 bits per heavy atom. The van der Waals surface area contributed by atoms with Crippen LogP contribution in [0.3, 0.4) is 0 Å². The van der Waals surface area contributed by atoms with Crippen molar-refractivity contribution in [1.29, 1.82) is 0 Å². The van der Waals surface area contributed by atoms with Crippen molar-refractivity contribution < 1.29 is 34.6 Å². The average molecular weight is 502 g/mol. The van der Waals surface area contributed by atoms with E-state index in [0.29, 0.717) is 49.1 Å². The van der Waals surface area contributed by atoms with Crippen molar-refractivity contribution in [2.75, 3.05) is 31.7 Å². The molecule has 36 heavy (non-hydrogen) atoms. The smallest absolute Gasteiger partial charge is 0.206 e. The third-order valence-corrected chi connectivity index (χ3v) is 6.10. The SMILES string of the molecule is CCCOc1ccc(CNc2nc3ccccc3n2[C@@H]2O[C@H](CO)[C@@H](O)[C@H]2O)cc1OCCCCO. The van der Waals surface area contributed by atoms with Crippen LogP contribution in [0.4, 0.5) is 5.95 Å². The van der Waals surface area contributed by atoms with Crippen LogP contribution in [0, 0.1) is 0 Å². The summed E-state index contributed by atoms with van der Waals surface area (Å²) in [5.74, 6) is 1.77.